The second-order valence-electron chi connectivity index (χ2n) is 9.07. The highest BCUT2D eigenvalue weighted by atomic mass is 16.6. The average molecular weight is 477 g/mol. The van der Waals surface area contributed by atoms with Crippen LogP contribution in [0.15, 0.2) is 55.1 Å². The van der Waals surface area contributed by atoms with Crippen LogP contribution < -0.4 is 10.6 Å². The van der Waals surface area contributed by atoms with Gasteiger partial charge in [0, 0.05) is 5.69 Å². The molecule has 0 heterocycles. The molecule has 2 unspecified atom stereocenters. The molecule has 0 radical (unpaired) electrons. The molecule has 2 N–H and O–H groups in total. The highest BCUT2D eigenvalue weighted by Gasteiger charge is 2.35. The van der Waals surface area contributed by atoms with Gasteiger partial charge in [-0.05, 0) is 63.4 Å². The highest BCUT2D eigenvalue weighted by molar-refractivity contribution is 5.99. The third kappa shape index (κ3) is 7.71. The van der Waals surface area contributed by atoms with E-state index in [1.807, 2.05) is 31.2 Å². The minimum absolute atomic E-state index is 0.372. The van der Waals surface area contributed by atoms with Crippen LogP contribution in [0.1, 0.15) is 50.4 Å². The zero-order valence-corrected chi connectivity index (χ0v) is 20.8. The van der Waals surface area contributed by atoms with E-state index in [-0.39, 0.29) is 6.54 Å². The van der Waals surface area contributed by atoms with Crippen LogP contribution in [0, 0.1) is 18.3 Å². The van der Waals surface area contributed by atoms with Crippen LogP contribution in [0.4, 0.5) is 10.5 Å². The molecular formula is C27H32N4O4. The monoisotopic (exact) mass is 476 g/mol. The molecule has 0 aliphatic heterocycles. The molecule has 2 atom stereocenters. The number of aryl methyl sites for hydroxylation is 1. The van der Waals surface area contributed by atoms with Gasteiger partial charge in [-0.1, -0.05) is 49.1 Å². The van der Waals surface area contributed by atoms with Gasteiger partial charge in [0.2, 0.25) is 5.91 Å². The summed E-state index contributed by atoms with van der Waals surface area (Å²) in [7, 11) is 0. The van der Waals surface area contributed by atoms with Crippen LogP contribution >= 0.6 is 0 Å². The lowest BCUT2D eigenvalue weighted by Crippen LogP contribution is -2.51. The lowest BCUT2D eigenvalue weighted by atomic mass is 10.00. The molecule has 2 aromatic carbocycles. The smallest absolute Gasteiger partial charge is 0.408 e. The molecule has 8 nitrogen and oxygen atoms in total. The molecule has 0 bridgehead atoms. The van der Waals surface area contributed by atoms with Crippen molar-refractivity contribution in [1.29, 1.82) is 5.26 Å². The Bertz CT molecular complexity index is 1130. The van der Waals surface area contributed by atoms with Crippen molar-refractivity contribution >= 4 is 29.7 Å². The number of nitriles is 1. The first-order valence-electron chi connectivity index (χ1n) is 11.2. The number of benzene rings is 2. The number of ether oxygens (including phenoxy) is 1. The topological polar surface area (TPSA) is 112 Å². The minimum atomic E-state index is -1.13. The van der Waals surface area contributed by atoms with Gasteiger partial charge < -0.3 is 20.3 Å². The number of nitrogens with zero attached hydrogens (tertiary/aromatic N) is 2. The first kappa shape index (κ1) is 27.1. The van der Waals surface area contributed by atoms with E-state index >= 15 is 0 Å². The van der Waals surface area contributed by atoms with E-state index in [2.05, 4.69) is 17.2 Å². The SMILES string of the molecule is C=Cc1cccc(C(C(=O)Nc2ccccc2C)N(CC#N)C(=O)C(C)NC(=O)OC(C)(C)C)c1. The predicted octanol–water partition coefficient (Wildman–Crippen LogP) is 4.58. The number of anilines is 1. The number of para-hydroxylation sites is 1. The normalized spacial score (nSPS) is 12.5. The van der Waals surface area contributed by atoms with Crippen molar-refractivity contribution in [2.24, 2.45) is 0 Å². The molecule has 0 aromatic heterocycles. The van der Waals surface area contributed by atoms with Gasteiger partial charge in [0.15, 0.2) is 0 Å². The fourth-order valence-electron chi connectivity index (χ4n) is 3.41. The number of hydrogen-bond donors (Lipinski definition) is 2. The summed E-state index contributed by atoms with van der Waals surface area (Å²) in [6.07, 6.45) is 0.855. The van der Waals surface area contributed by atoms with Crippen molar-refractivity contribution in [1.82, 2.24) is 10.2 Å². The highest BCUT2D eigenvalue weighted by Crippen LogP contribution is 2.26. The summed E-state index contributed by atoms with van der Waals surface area (Å²) >= 11 is 0. The maximum atomic E-state index is 13.6. The summed E-state index contributed by atoms with van der Waals surface area (Å²) < 4.78 is 5.24. The minimum Gasteiger partial charge on any atom is -0.444 e. The van der Waals surface area contributed by atoms with Crippen LogP contribution in [0.3, 0.4) is 0 Å². The molecule has 0 saturated carbocycles. The Hall–Kier alpha value is -4.12. The largest absolute Gasteiger partial charge is 0.444 e. The summed E-state index contributed by atoms with van der Waals surface area (Å²) in [4.78, 5) is 40.4. The van der Waals surface area contributed by atoms with Gasteiger partial charge in [-0.15, -0.1) is 0 Å². The fourth-order valence-corrected chi connectivity index (χ4v) is 3.41. The Balaban J connectivity index is 2.45. The van der Waals surface area contributed by atoms with Crippen LogP contribution in [0.25, 0.3) is 6.08 Å². The van der Waals surface area contributed by atoms with Crippen LogP contribution in [-0.4, -0.2) is 41.0 Å². The predicted molar refractivity (Wildman–Crippen MR) is 135 cm³/mol. The number of rotatable bonds is 8. The summed E-state index contributed by atoms with van der Waals surface area (Å²) in [5.41, 5.74) is 1.94. The standard InChI is InChI=1S/C27H32N4O4/c1-7-20-12-10-13-21(17-20)23(24(32)30-22-14-9-8-11-18(22)2)31(16-15-28)25(33)19(3)29-26(34)35-27(4,5)6/h7-14,17,19,23H,1,16H2,2-6H3,(H,29,34)(H,30,32). The van der Waals surface area contributed by atoms with E-state index in [1.54, 1.807) is 57.2 Å². The van der Waals surface area contributed by atoms with Crippen LogP contribution in [0.5, 0.6) is 0 Å². The van der Waals surface area contributed by atoms with E-state index in [0.29, 0.717) is 11.3 Å². The van der Waals surface area contributed by atoms with E-state index in [0.717, 1.165) is 16.0 Å². The molecule has 0 aliphatic rings. The first-order valence-corrected chi connectivity index (χ1v) is 11.2. The summed E-state index contributed by atoms with van der Waals surface area (Å²) in [5.74, 6) is -1.10. The van der Waals surface area contributed by atoms with E-state index in [4.69, 9.17) is 4.74 Å². The summed E-state index contributed by atoms with van der Waals surface area (Å²) in [6.45, 7) is 11.9. The zero-order chi connectivity index (χ0) is 26.2. The Morgan fingerprint density at radius 1 is 1.17 bits per heavy atom. The molecule has 3 amide bonds. The number of carbonyl (C=O) groups is 3. The van der Waals surface area contributed by atoms with Gasteiger partial charge in [0.25, 0.3) is 5.91 Å². The fraction of sp³-hybridized carbons (Fsp3) is 0.333. The zero-order valence-electron chi connectivity index (χ0n) is 20.8. The lowest BCUT2D eigenvalue weighted by Gasteiger charge is -2.32. The molecule has 0 fully saturated rings. The molecule has 0 spiro atoms. The van der Waals surface area contributed by atoms with Crippen LogP contribution in [0.2, 0.25) is 0 Å². The molecule has 184 valence electrons. The maximum absolute atomic E-state index is 13.6. The van der Waals surface area contributed by atoms with Crippen molar-refractivity contribution in [3.05, 3.63) is 71.8 Å². The Labute approximate surface area is 206 Å². The molecular weight excluding hydrogens is 444 g/mol. The second-order valence-corrected chi connectivity index (χ2v) is 9.07. The molecule has 35 heavy (non-hydrogen) atoms. The Kier molecular flexibility index (Phi) is 9.18. The van der Waals surface area contributed by atoms with Crippen molar-refractivity contribution in [2.45, 2.75) is 52.3 Å². The van der Waals surface area contributed by atoms with E-state index < -0.39 is 35.6 Å². The van der Waals surface area contributed by atoms with Crippen LogP contribution in [-0.2, 0) is 14.3 Å². The molecule has 0 saturated heterocycles. The van der Waals surface area contributed by atoms with Gasteiger partial charge in [0.1, 0.15) is 24.2 Å². The van der Waals surface area contributed by atoms with Crippen molar-refractivity contribution in [3.63, 3.8) is 0 Å². The Morgan fingerprint density at radius 2 is 1.86 bits per heavy atom. The van der Waals surface area contributed by atoms with Gasteiger partial charge in [-0.2, -0.15) is 5.26 Å². The number of carbonyl (C=O) groups excluding carboxylic acids is 3. The lowest BCUT2D eigenvalue weighted by molar-refractivity contribution is -0.139. The van der Waals surface area contributed by atoms with Crippen molar-refractivity contribution < 1.29 is 19.1 Å². The third-order valence-electron chi connectivity index (χ3n) is 5.05. The van der Waals surface area contributed by atoms with Gasteiger partial charge in [-0.25, -0.2) is 4.79 Å². The second kappa shape index (κ2) is 11.8. The average Bonchev–Trinajstić information content (AvgIpc) is 2.78. The number of hydrogen-bond acceptors (Lipinski definition) is 5. The first-order chi connectivity index (χ1) is 16.5. The molecule has 2 rings (SSSR count). The number of nitrogens with one attached hydrogen (secondary N) is 2. The van der Waals surface area contributed by atoms with Gasteiger partial charge in [0.05, 0.1) is 6.07 Å². The maximum Gasteiger partial charge on any atom is 0.408 e. The van der Waals surface area contributed by atoms with E-state index in [9.17, 15) is 19.6 Å². The van der Waals surface area contributed by atoms with E-state index in [1.165, 1.54) is 6.92 Å². The molecule has 2 aromatic rings. The Morgan fingerprint density at radius 3 is 2.46 bits per heavy atom. The van der Waals surface area contributed by atoms with Crippen molar-refractivity contribution in [2.75, 3.05) is 11.9 Å². The quantitative estimate of drug-likeness (QED) is 0.542. The number of alkyl carbamates (subject to hydrolysis) is 1. The number of amides is 3. The summed E-state index contributed by atoms with van der Waals surface area (Å²) in [5, 5.41) is 14.9. The summed E-state index contributed by atoms with van der Waals surface area (Å²) in [6, 6.07) is 14.0. The molecule has 0 aliphatic carbocycles. The molecule has 8 heteroatoms. The van der Waals surface area contributed by atoms with Crippen molar-refractivity contribution in [3.8, 4) is 6.07 Å². The van der Waals surface area contributed by atoms with Gasteiger partial charge in [-0.3, -0.25) is 9.59 Å². The third-order valence-corrected chi connectivity index (χ3v) is 5.05. The van der Waals surface area contributed by atoms with Gasteiger partial charge >= 0.3 is 6.09 Å².